The number of halogens is 1. The van der Waals surface area contributed by atoms with E-state index in [0.717, 1.165) is 5.56 Å². The molecular formula is C20H22FN3O5. The first-order valence-electron chi connectivity index (χ1n) is 8.77. The van der Waals surface area contributed by atoms with Crippen molar-refractivity contribution in [2.24, 2.45) is 0 Å². The van der Waals surface area contributed by atoms with Crippen molar-refractivity contribution in [1.29, 1.82) is 0 Å². The number of hydrogen-bond acceptors (Lipinski definition) is 6. The van der Waals surface area contributed by atoms with Crippen LogP contribution in [-0.4, -0.2) is 40.1 Å². The molecule has 0 spiro atoms. The molecule has 0 aliphatic rings. The highest BCUT2D eigenvalue weighted by molar-refractivity contribution is 5.96. The van der Waals surface area contributed by atoms with Crippen molar-refractivity contribution in [2.75, 3.05) is 6.54 Å². The Bertz CT molecular complexity index is 868. The Labute approximate surface area is 167 Å². The number of rotatable bonds is 5. The van der Waals surface area contributed by atoms with Crippen molar-refractivity contribution in [1.82, 2.24) is 15.4 Å². The van der Waals surface area contributed by atoms with E-state index in [2.05, 4.69) is 10.4 Å². The van der Waals surface area contributed by atoms with Crippen LogP contribution in [0.25, 0.3) is 0 Å². The Morgan fingerprint density at radius 1 is 1.10 bits per heavy atom. The van der Waals surface area contributed by atoms with Crippen LogP contribution in [0, 0.1) is 5.95 Å². The molecule has 1 heterocycles. The van der Waals surface area contributed by atoms with Gasteiger partial charge in [0.15, 0.2) is 0 Å². The highest BCUT2D eigenvalue weighted by Crippen LogP contribution is 2.10. The smallest absolute Gasteiger partial charge is 0.426 e. The van der Waals surface area contributed by atoms with Crippen molar-refractivity contribution < 1.29 is 28.2 Å². The zero-order valence-electron chi connectivity index (χ0n) is 16.3. The molecule has 0 unspecified atom stereocenters. The number of benzene rings is 1. The molecule has 9 heteroatoms. The van der Waals surface area contributed by atoms with Crippen molar-refractivity contribution in [3.63, 3.8) is 0 Å². The molecular weight excluding hydrogens is 381 g/mol. The van der Waals surface area contributed by atoms with Crippen molar-refractivity contribution >= 4 is 18.0 Å². The standard InChI is InChI=1S/C20H22FN3O5/c1-20(2,3)29-19(27)23-24(18(26)15-10-7-11-22-17(15)21)12-16(25)28-13-14-8-5-4-6-9-14/h4-11H,12-13H2,1-3H3,(H,23,27). The van der Waals surface area contributed by atoms with Gasteiger partial charge in [-0.1, -0.05) is 30.3 Å². The van der Waals surface area contributed by atoms with Crippen LogP contribution in [0.5, 0.6) is 0 Å². The molecule has 0 radical (unpaired) electrons. The zero-order valence-corrected chi connectivity index (χ0v) is 16.3. The summed E-state index contributed by atoms with van der Waals surface area (Å²) in [4.78, 5) is 40.3. The maximum atomic E-state index is 13.9. The third kappa shape index (κ3) is 7.21. The summed E-state index contributed by atoms with van der Waals surface area (Å²) in [6, 6.07) is 11.5. The van der Waals surface area contributed by atoms with Gasteiger partial charge in [-0.3, -0.25) is 9.59 Å². The lowest BCUT2D eigenvalue weighted by atomic mass is 10.2. The van der Waals surface area contributed by atoms with Crippen molar-refractivity contribution in [3.05, 3.63) is 65.7 Å². The summed E-state index contributed by atoms with van der Waals surface area (Å²) in [5.74, 6) is -2.81. The predicted molar refractivity (Wildman–Crippen MR) is 101 cm³/mol. The van der Waals surface area contributed by atoms with Gasteiger partial charge >= 0.3 is 12.1 Å². The summed E-state index contributed by atoms with van der Waals surface area (Å²) >= 11 is 0. The average Bonchev–Trinajstić information content (AvgIpc) is 2.65. The minimum atomic E-state index is -1.04. The maximum absolute atomic E-state index is 13.9. The van der Waals surface area contributed by atoms with Gasteiger partial charge in [0.05, 0.1) is 5.56 Å². The molecule has 154 valence electrons. The number of carbonyl (C=O) groups excluding carboxylic acids is 3. The number of carbonyl (C=O) groups is 3. The molecule has 0 aliphatic carbocycles. The highest BCUT2D eigenvalue weighted by Gasteiger charge is 2.26. The third-order valence-corrected chi connectivity index (χ3v) is 3.39. The lowest BCUT2D eigenvalue weighted by molar-refractivity contribution is -0.146. The molecule has 29 heavy (non-hydrogen) atoms. The van der Waals surface area contributed by atoms with E-state index in [4.69, 9.17) is 9.47 Å². The molecule has 1 aromatic carbocycles. The first-order valence-corrected chi connectivity index (χ1v) is 8.77. The van der Waals surface area contributed by atoms with Gasteiger partial charge in [0.2, 0.25) is 5.95 Å². The van der Waals surface area contributed by atoms with Crippen LogP contribution < -0.4 is 5.43 Å². The van der Waals surface area contributed by atoms with Crippen LogP contribution in [0.1, 0.15) is 36.7 Å². The molecule has 1 aromatic heterocycles. The molecule has 0 aliphatic heterocycles. The first-order chi connectivity index (χ1) is 13.7. The summed E-state index contributed by atoms with van der Waals surface area (Å²) < 4.78 is 24.1. The second-order valence-corrected chi connectivity index (χ2v) is 6.99. The SMILES string of the molecule is CC(C)(C)OC(=O)NN(CC(=O)OCc1ccccc1)C(=O)c1cccnc1F. The Balaban J connectivity index is 2.11. The van der Waals surface area contributed by atoms with Crippen molar-refractivity contribution in [3.8, 4) is 0 Å². The summed E-state index contributed by atoms with van der Waals surface area (Å²) in [6.07, 6.45) is 0.192. The summed E-state index contributed by atoms with van der Waals surface area (Å²) in [6.45, 7) is 4.23. The van der Waals surface area contributed by atoms with Crippen molar-refractivity contribution in [2.45, 2.75) is 33.0 Å². The van der Waals surface area contributed by atoms with E-state index in [1.807, 2.05) is 6.07 Å². The number of hydrazine groups is 1. The zero-order chi connectivity index (χ0) is 21.4. The van der Waals surface area contributed by atoms with E-state index < -0.39 is 41.6 Å². The van der Waals surface area contributed by atoms with Crippen LogP contribution in [0.3, 0.4) is 0 Å². The van der Waals surface area contributed by atoms with Gasteiger partial charge in [0.1, 0.15) is 18.8 Å². The Morgan fingerprint density at radius 3 is 2.41 bits per heavy atom. The quantitative estimate of drug-likeness (QED) is 0.468. The van der Waals surface area contributed by atoms with Crippen LogP contribution in [0.2, 0.25) is 0 Å². The van der Waals surface area contributed by atoms with Crippen LogP contribution in [0.4, 0.5) is 9.18 Å². The molecule has 2 amide bonds. The second kappa shape index (κ2) is 9.63. The minimum absolute atomic E-state index is 0.0185. The molecule has 0 atom stereocenters. The number of esters is 1. The van der Waals surface area contributed by atoms with Gasteiger partial charge in [0.25, 0.3) is 5.91 Å². The van der Waals surface area contributed by atoms with Gasteiger partial charge in [-0.05, 0) is 38.5 Å². The van der Waals surface area contributed by atoms with E-state index in [1.54, 1.807) is 45.0 Å². The topological polar surface area (TPSA) is 97.8 Å². The fourth-order valence-corrected chi connectivity index (χ4v) is 2.18. The summed E-state index contributed by atoms with van der Waals surface area (Å²) in [7, 11) is 0. The number of pyridine rings is 1. The number of amides is 2. The Morgan fingerprint density at radius 2 is 1.79 bits per heavy atom. The number of aromatic nitrogens is 1. The number of nitrogens with one attached hydrogen (secondary N) is 1. The molecule has 0 saturated heterocycles. The maximum Gasteiger partial charge on any atom is 0.426 e. The Hall–Kier alpha value is -3.49. The second-order valence-electron chi connectivity index (χ2n) is 6.99. The molecule has 0 bridgehead atoms. The molecule has 0 fully saturated rings. The lowest BCUT2D eigenvalue weighted by Gasteiger charge is -2.25. The predicted octanol–water partition coefficient (Wildman–Crippen LogP) is 2.85. The summed E-state index contributed by atoms with van der Waals surface area (Å²) in [5, 5.41) is 0.626. The number of hydrogen-bond donors (Lipinski definition) is 1. The van der Waals surface area contributed by atoms with E-state index >= 15 is 0 Å². The van der Waals surface area contributed by atoms with Crippen LogP contribution in [-0.2, 0) is 20.9 Å². The number of nitrogens with zero attached hydrogens (tertiary/aromatic N) is 2. The average molecular weight is 403 g/mol. The van der Waals surface area contributed by atoms with E-state index in [-0.39, 0.29) is 6.61 Å². The number of ether oxygens (including phenoxy) is 2. The molecule has 1 N–H and O–H groups in total. The normalized spacial score (nSPS) is 10.8. The Kier molecular flexibility index (Phi) is 7.24. The van der Waals surface area contributed by atoms with Gasteiger partial charge in [-0.2, -0.15) is 4.39 Å². The minimum Gasteiger partial charge on any atom is -0.459 e. The van der Waals surface area contributed by atoms with E-state index in [0.29, 0.717) is 5.01 Å². The largest absolute Gasteiger partial charge is 0.459 e. The monoisotopic (exact) mass is 403 g/mol. The van der Waals surface area contributed by atoms with Crippen LogP contribution >= 0.6 is 0 Å². The molecule has 2 aromatic rings. The first kappa shape index (κ1) is 21.8. The fourth-order valence-electron chi connectivity index (χ4n) is 2.18. The molecule has 8 nitrogen and oxygen atoms in total. The van der Waals surface area contributed by atoms with Crippen LogP contribution in [0.15, 0.2) is 48.7 Å². The van der Waals surface area contributed by atoms with E-state index in [1.165, 1.54) is 18.3 Å². The van der Waals surface area contributed by atoms with Gasteiger partial charge in [-0.15, -0.1) is 0 Å². The molecule has 0 saturated carbocycles. The lowest BCUT2D eigenvalue weighted by Crippen LogP contribution is -2.50. The highest BCUT2D eigenvalue weighted by atomic mass is 19.1. The van der Waals surface area contributed by atoms with E-state index in [9.17, 15) is 18.8 Å². The fraction of sp³-hybridized carbons (Fsp3) is 0.300. The van der Waals surface area contributed by atoms with Gasteiger partial charge in [0, 0.05) is 6.20 Å². The van der Waals surface area contributed by atoms with Gasteiger partial charge < -0.3 is 9.47 Å². The third-order valence-electron chi connectivity index (χ3n) is 3.39. The summed E-state index contributed by atoms with van der Waals surface area (Å²) in [5.41, 5.74) is 1.64. The van der Waals surface area contributed by atoms with Gasteiger partial charge in [-0.25, -0.2) is 20.2 Å². The molecule has 2 rings (SSSR count).